The fourth-order valence-corrected chi connectivity index (χ4v) is 5.14. The molecule has 2 aromatic rings. The van der Waals surface area contributed by atoms with E-state index < -0.39 is 9.84 Å². The minimum Gasteiger partial charge on any atom is -0.393 e. The molecular formula is C18H21NO4S2. The fourth-order valence-electron chi connectivity index (χ4n) is 3.01. The lowest BCUT2D eigenvalue weighted by Crippen LogP contribution is -2.41. The van der Waals surface area contributed by atoms with Crippen LogP contribution in [0.1, 0.15) is 30.2 Å². The highest BCUT2D eigenvalue weighted by molar-refractivity contribution is 7.91. The zero-order valence-electron chi connectivity index (χ0n) is 13.7. The molecule has 7 heteroatoms. The van der Waals surface area contributed by atoms with Crippen molar-refractivity contribution in [1.29, 1.82) is 0 Å². The molecule has 1 saturated carbocycles. The summed E-state index contributed by atoms with van der Waals surface area (Å²) < 4.78 is 24.6. The number of rotatable bonds is 7. The number of aliphatic hydroxyl groups excluding tert-OH is 1. The largest absolute Gasteiger partial charge is 0.393 e. The van der Waals surface area contributed by atoms with Crippen LogP contribution in [-0.2, 0) is 14.6 Å². The van der Waals surface area contributed by atoms with E-state index in [1.54, 1.807) is 29.5 Å². The molecule has 5 nitrogen and oxygen atoms in total. The number of nitrogens with one attached hydrogen (secondary N) is 1. The fraction of sp³-hybridized carbons (Fsp3) is 0.389. The van der Waals surface area contributed by atoms with Gasteiger partial charge in [0.1, 0.15) is 0 Å². The Labute approximate surface area is 151 Å². The van der Waals surface area contributed by atoms with Crippen LogP contribution in [0.2, 0.25) is 0 Å². The predicted molar refractivity (Wildman–Crippen MR) is 97.0 cm³/mol. The molecule has 1 amide bonds. The van der Waals surface area contributed by atoms with Crippen molar-refractivity contribution in [3.8, 4) is 0 Å². The van der Waals surface area contributed by atoms with Gasteiger partial charge in [-0.25, -0.2) is 8.42 Å². The van der Waals surface area contributed by atoms with Crippen LogP contribution >= 0.6 is 11.3 Å². The summed E-state index contributed by atoms with van der Waals surface area (Å²) >= 11 is 1.56. The van der Waals surface area contributed by atoms with Gasteiger partial charge in [-0.1, -0.05) is 24.3 Å². The zero-order valence-corrected chi connectivity index (χ0v) is 15.3. The van der Waals surface area contributed by atoms with Crippen molar-refractivity contribution in [2.24, 2.45) is 5.92 Å². The highest BCUT2D eigenvalue weighted by atomic mass is 32.2. The Kier molecular flexibility index (Phi) is 5.56. The summed E-state index contributed by atoms with van der Waals surface area (Å²) in [6, 6.07) is 11.9. The number of hydrogen-bond acceptors (Lipinski definition) is 5. The maximum absolute atomic E-state index is 12.3. The van der Waals surface area contributed by atoms with Gasteiger partial charge in [0.15, 0.2) is 9.84 Å². The van der Waals surface area contributed by atoms with Gasteiger partial charge in [0.2, 0.25) is 5.91 Å². The number of aliphatic hydroxyl groups is 1. The van der Waals surface area contributed by atoms with Crippen LogP contribution < -0.4 is 5.32 Å². The van der Waals surface area contributed by atoms with Gasteiger partial charge in [0.05, 0.1) is 22.8 Å². The van der Waals surface area contributed by atoms with Gasteiger partial charge in [0, 0.05) is 11.3 Å². The lowest BCUT2D eigenvalue weighted by atomic mass is 9.76. The molecule has 0 radical (unpaired) electrons. The molecule has 25 heavy (non-hydrogen) atoms. The van der Waals surface area contributed by atoms with Crippen LogP contribution in [0.25, 0.3) is 0 Å². The molecule has 1 heterocycles. The lowest BCUT2D eigenvalue weighted by molar-refractivity contribution is -0.122. The first kappa shape index (κ1) is 18.1. The molecular weight excluding hydrogens is 358 g/mol. The molecule has 134 valence electrons. The van der Waals surface area contributed by atoms with E-state index in [-0.39, 0.29) is 41.0 Å². The summed E-state index contributed by atoms with van der Waals surface area (Å²) in [5.41, 5.74) is 0. The highest BCUT2D eigenvalue weighted by Gasteiger charge is 2.36. The molecule has 3 rings (SSSR count). The van der Waals surface area contributed by atoms with Gasteiger partial charge in [0.25, 0.3) is 0 Å². The predicted octanol–water partition coefficient (Wildman–Crippen LogP) is 2.54. The third kappa shape index (κ3) is 4.48. The van der Waals surface area contributed by atoms with E-state index in [0.29, 0.717) is 12.8 Å². The van der Waals surface area contributed by atoms with Crippen molar-refractivity contribution in [1.82, 2.24) is 5.32 Å². The van der Waals surface area contributed by atoms with Crippen molar-refractivity contribution in [2.75, 3.05) is 5.75 Å². The second kappa shape index (κ2) is 7.68. The smallest absolute Gasteiger partial charge is 0.221 e. The number of benzene rings is 1. The van der Waals surface area contributed by atoms with Gasteiger partial charge in [-0.15, -0.1) is 11.3 Å². The van der Waals surface area contributed by atoms with Gasteiger partial charge in [-0.3, -0.25) is 4.79 Å². The topological polar surface area (TPSA) is 83.5 Å². The molecule has 1 aliphatic rings. The number of thiophene rings is 1. The van der Waals surface area contributed by atoms with Crippen LogP contribution in [0, 0.1) is 5.92 Å². The van der Waals surface area contributed by atoms with Crippen LogP contribution in [0.15, 0.2) is 52.7 Å². The average molecular weight is 380 g/mol. The van der Waals surface area contributed by atoms with Crippen molar-refractivity contribution in [2.45, 2.75) is 36.3 Å². The summed E-state index contributed by atoms with van der Waals surface area (Å²) in [4.78, 5) is 13.6. The third-order valence-corrected chi connectivity index (χ3v) is 7.17. The molecule has 1 fully saturated rings. The second-order valence-corrected chi connectivity index (χ2v) is 9.42. The minimum absolute atomic E-state index is 0.0750. The van der Waals surface area contributed by atoms with E-state index in [4.69, 9.17) is 0 Å². The van der Waals surface area contributed by atoms with E-state index >= 15 is 0 Å². The van der Waals surface area contributed by atoms with Crippen molar-refractivity contribution >= 4 is 27.1 Å². The number of hydrogen-bond donors (Lipinski definition) is 2. The Bertz CT molecular complexity index is 797. The molecule has 1 aromatic heterocycles. The highest BCUT2D eigenvalue weighted by Crippen LogP contribution is 2.39. The maximum atomic E-state index is 12.3. The summed E-state index contributed by atoms with van der Waals surface area (Å²) in [5.74, 6) is -0.296. The normalized spacial score (nSPS) is 21.3. The first-order chi connectivity index (χ1) is 12.0. The number of carbonyl (C=O) groups excluding carboxylic acids is 1. The lowest BCUT2D eigenvalue weighted by Gasteiger charge is -2.37. The standard InChI is InChI=1S/C18H21NO4S2/c20-14-11-13(12-14)18(16-7-4-9-24-16)19-17(21)8-10-25(22,23)15-5-2-1-3-6-15/h1-7,9,13-14,18,20H,8,10-12H2,(H,19,21)/t13?,14?,18-/m0/s1. The first-order valence-corrected chi connectivity index (χ1v) is 10.8. The van der Waals surface area contributed by atoms with Gasteiger partial charge in [-0.2, -0.15) is 0 Å². The number of carbonyl (C=O) groups is 1. The Hall–Kier alpha value is -1.70. The molecule has 0 unspecified atom stereocenters. The van der Waals surface area contributed by atoms with Crippen molar-refractivity contribution in [3.63, 3.8) is 0 Å². The van der Waals surface area contributed by atoms with Gasteiger partial charge >= 0.3 is 0 Å². The maximum Gasteiger partial charge on any atom is 0.221 e. The number of amides is 1. The average Bonchev–Trinajstić information content (AvgIpc) is 3.11. The quantitative estimate of drug-likeness (QED) is 0.774. The monoisotopic (exact) mass is 379 g/mol. The molecule has 1 aliphatic carbocycles. The number of sulfone groups is 1. The Morgan fingerprint density at radius 1 is 1.20 bits per heavy atom. The van der Waals surface area contributed by atoms with Crippen LogP contribution in [0.4, 0.5) is 0 Å². The Morgan fingerprint density at radius 3 is 2.52 bits per heavy atom. The summed E-state index contributed by atoms with van der Waals surface area (Å²) in [7, 11) is -3.46. The summed E-state index contributed by atoms with van der Waals surface area (Å²) in [6.07, 6.45) is 0.938. The Morgan fingerprint density at radius 2 is 1.92 bits per heavy atom. The molecule has 1 aromatic carbocycles. The van der Waals surface area contributed by atoms with E-state index in [1.807, 2.05) is 17.5 Å². The SMILES string of the molecule is O=C(CCS(=O)(=O)c1ccccc1)N[C@H](c1cccs1)C1CC(O)C1. The summed E-state index contributed by atoms with van der Waals surface area (Å²) in [6.45, 7) is 0. The van der Waals surface area contributed by atoms with E-state index in [9.17, 15) is 18.3 Å². The van der Waals surface area contributed by atoms with E-state index in [0.717, 1.165) is 4.88 Å². The molecule has 1 atom stereocenters. The van der Waals surface area contributed by atoms with Gasteiger partial charge < -0.3 is 10.4 Å². The van der Waals surface area contributed by atoms with Crippen LogP contribution in [0.3, 0.4) is 0 Å². The molecule has 2 N–H and O–H groups in total. The second-order valence-electron chi connectivity index (χ2n) is 6.33. The van der Waals surface area contributed by atoms with Crippen LogP contribution in [-0.4, -0.2) is 31.3 Å². The van der Waals surface area contributed by atoms with E-state index in [2.05, 4.69) is 5.32 Å². The third-order valence-electron chi connectivity index (χ3n) is 4.49. The zero-order chi connectivity index (χ0) is 17.9. The van der Waals surface area contributed by atoms with Crippen molar-refractivity contribution < 1.29 is 18.3 Å². The Balaban J connectivity index is 1.61. The van der Waals surface area contributed by atoms with Crippen LogP contribution in [0.5, 0.6) is 0 Å². The van der Waals surface area contributed by atoms with Gasteiger partial charge in [-0.05, 0) is 42.3 Å². The molecule has 0 aliphatic heterocycles. The summed E-state index contributed by atoms with van der Waals surface area (Å²) in [5, 5.41) is 14.5. The van der Waals surface area contributed by atoms with E-state index in [1.165, 1.54) is 12.1 Å². The first-order valence-electron chi connectivity index (χ1n) is 8.24. The molecule has 0 bridgehead atoms. The van der Waals surface area contributed by atoms with Crippen molar-refractivity contribution in [3.05, 3.63) is 52.7 Å². The molecule has 0 saturated heterocycles. The molecule has 0 spiro atoms. The minimum atomic E-state index is -3.46.